The maximum atomic E-state index is 12.0. The van der Waals surface area contributed by atoms with Gasteiger partial charge in [0.05, 0.1) is 0 Å². The lowest BCUT2D eigenvalue weighted by Crippen LogP contribution is -2.07. The molecule has 2 heteroatoms. The summed E-state index contributed by atoms with van der Waals surface area (Å²) in [5.41, 5.74) is 1.81. The quantitative estimate of drug-likeness (QED) is 0.556. The van der Waals surface area contributed by atoms with Crippen LogP contribution in [-0.2, 0) is 0 Å². The van der Waals surface area contributed by atoms with Crippen molar-refractivity contribution in [2.45, 2.75) is 26.2 Å². The number of nitrogens with zero attached hydrogens (tertiary/aromatic N) is 1. The van der Waals surface area contributed by atoms with Gasteiger partial charge >= 0.3 is 0 Å². The molecule has 78 valence electrons. The first-order valence-electron chi connectivity index (χ1n) is 5.36. The van der Waals surface area contributed by atoms with Crippen LogP contribution in [0.15, 0.2) is 30.6 Å². The Morgan fingerprint density at radius 1 is 1.47 bits per heavy atom. The highest BCUT2D eigenvalue weighted by molar-refractivity contribution is 5.97. The average molecular weight is 201 g/mol. The van der Waals surface area contributed by atoms with Crippen LogP contribution < -0.4 is 0 Å². The normalized spacial score (nSPS) is 15.8. The Hall–Kier alpha value is -1.44. The van der Waals surface area contributed by atoms with Gasteiger partial charge in [-0.05, 0) is 37.3 Å². The summed E-state index contributed by atoms with van der Waals surface area (Å²) in [6, 6.07) is 1.82. The molecule has 0 amide bonds. The van der Waals surface area contributed by atoms with Gasteiger partial charge in [0.2, 0.25) is 0 Å². The lowest BCUT2D eigenvalue weighted by atomic mass is 9.95. The number of carbonyl (C=O) groups is 1. The van der Waals surface area contributed by atoms with Gasteiger partial charge in [0.15, 0.2) is 5.78 Å². The number of aryl methyl sites for hydroxylation is 1. The SMILES string of the molecule is Cc1cnccc1C(=O)CC1CC=CC1. The molecule has 1 aliphatic rings. The molecule has 2 rings (SSSR count). The molecular weight excluding hydrogens is 186 g/mol. The Morgan fingerprint density at radius 2 is 2.20 bits per heavy atom. The molecule has 0 saturated heterocycles. The second kappa shape index (κ2) is 4.39. The Bertz CT molecular complexity index is 387. The Labute approximate surface area is 90.0 Å². The van der Waals surface area contributed by atoms with Crippen molar-refractivity contribution >= 4 is 5.78 Å². The van der Waals surface area contributed by atoms with Gasteiger partial charge in [0.1, 0.15) is 0 Å². The van der Waals surface area contributed by atoms with E-state index in [0.29, 0.717) is 12.3 Å². The summed E-state index contributed by atoms with van der Waals surface area (Å²) in [7, 11) is 0. The lowest BCUT2D eigenvalue weighted by molar-refractivity contribution is 0.0962. The first kappa shape index (κ1) is 10.1. The molecule has 0 fully saturated rings. The summed E-state index contributed by atoms with van der Waals surface area (Å²) in [6.07, 6.45) is 10.5. The molecule has 0 atom stereocenters. The van der Waals surface area contributed by atoms with Gasteiger partial charge < -0.3 is 0 Å². The van der Waals surface area contributed by atoms with Crippen LogP contribution in [0.25, 0.3) is 0 Å². The third kappa shape index (κ3) is 2.32. The van der Waals surface area contributed by atoms with Crippen LogP contribution in [-0.4, -0.2) is 10.8 Å². The molecule has 1 aliphatic carbocycles. The van der Waals surface area contributed by atoms with Crippen molar-refractivity contribution in [2.75, 3.05) is 0 Å². The van der Waals surface area contributed by atoms with Gasteiger partial charge in [-0.2, -0.15) is 0 Å². The zero-order valence-electron chi connectivity index (χ0n) is 8.94. The summed E-state index contributed by atoms with van der Waals surface area (Å²) < 4.78 is 0. The number of ketones is 1. The van der Waals surface area contributed by atoms with E-state index in [-0.39, 0.29) is 5.78 Å². The summed E-state index contributed by atoms with van der Waals surface area (Å²) in [6.45, 7) is 1.94. The molecule has 0 N–H and O–H groups in total. The highest BCUT2D eigenvalue weighted by Gasteiger charge is 2.17. The van der Waals surface area contributed by atoms with Crippen LogP contribution >= 0.6 is 0 Å². The van der Waals surface area contributed by atoms with E-state index in [0.717, 1.165) is 24.0 Å². The van der Waals surface area contributed by atoms with Gasteiger partial charge in [-0.1, -0.05) is 12.2 Å². The molecule has 1 aromatic rings. The van der Waals surface area contributed by atoms with Crippen LogP contribution in [0.4, 0.5) is 0 Å². The Kier molecular flexibility index (Phi) is 2.95. The van der Waals surface area contributed by atoms with E-state index in [4.69, 9.17) is 0 Å². The average Bonchev–Trinajstić information content (AvgIpc) is 2.71. The molecule has 1 heterocycles. The van der Waals surface area contributed by atoms with E-state index in [1.54, 1.807) is 12.4 Å². The van der Waals surface area contributed by atoms with Crippen molar-refractivity contribution in [3.05, 3.63) is 41.7 Å². The number of rotatable bonds is 3. The number of carbonyl (C=O) groups excluding carboxylic acids is 1. The predicted molar refractivity (Wildman–Crippen MR) is 59.8 cm³/mol. The maximum Gasteiger partial charge on any atom is 0.163 e. The summed E-state index contributed by atoms with van der Waals surface area (Å²) in [5.74, 6) is 0.772. The van der Waals surface area contributed by atoms with Crippen LogP contribution in [0, 0.1) is 12.8 Å². The van der Waals surface area contributed by atoms with E-state index in [9.17, 15) is 4.79 Å². The van der Waals surface area contributed by atoms with Crippen molar-refractivity contribution in [3.8, 4) is 0 Å². The van der Waals surface area contributed by atoms with E-state index in [1.807, 2.05) is 13.0 Å². The van der Waals surface area contributed by atoms with Crippen molar-refractivity contribution in [1.82, 2.24) is 4.98 Å². The zero-order chi connectivity index (χ0) is 10.7. The van der Waals surface area contributed by atoms with Crippen molar-refractivity contribution < 1.29 is 4.79 Å². The number of pyridine rings is 1. The largest absolute Gasteiger partial charge is 0.294 e. The smallest absolute Gasteiger partial charge is 0.163 e. The maximum absolute atomic E-state index is 12.0. The van der Waals surface area contributed by atoms with Gasteiger partial charge in [-0.25, -0.2) is 0 Å². The molecule has 2 nitrogen and oxygen atoms in total. The minimum Gasteiger partial charge on any atom is -0.294 e. The second-order valence-electron chi connectivity index (χ2n) is 4.13. The van der Waals surface area contributed by atoms with Crippen LogP contribution in [0.1, 0.15) is 35.2 Å². The molecule has 0 saturated carbocycles. The molecule has 0 spiro atoms. The van der Waals surface area contributed by atoms with Crippen LogP contribution in [0.3, 0.4) is 0 Å². The van der Waals surface area contributed by atoms with Gasteiger partial charge in [0.25, 0.3) is 0 Å². The topological polar surface area (TPSA) is 30.0 Å². The summed E-state index contributed by atoms with van der Waals surface area (Å²) in [5, 5.41) is 0. The molecule has 15 heavy (non-hydrogen) atoms. The van der Waals surface area contributed by atoms with Crippen LogP contribution in [0.5, 0.6) is 0 Å². The zero-order valence-corrected chi connectivity index (χ0v) is 8.94. The number of hydrogen-bond donors (Lipinski definition) is 0. The standard InChI is InChI=1S/C13H15NO/c1-10-9-14-7-6-12(10)13(15)8-11-4-2-3-5-11/h2-3,6-7,9,11H,4-5,8H2,1H3. The van der Waals surface area contributed by atoms with E-state index < -0.39 is 0 Å². The number of hydrogen-bond acceptors (Lipinski definition) is 2. The van der Waals surface area contributed by atoms with Gasteiger partial charge in [-0.3, -0.25) is 9.78 Å². The second-order valence-corrected chi connectivity index (χ2v) is 4.13. The van der Waals surface area contributed by atoms with E-state index in [2.05, 4.69) is 17.1 Å². The van der Waals surface area contributed by atoms with Crippen molar-refractivity contribution in [2.24, 2.45) is 5.92 Å². The predicted octanol–water partition coefficient (Wildman–Crippen LogP) is 2.93. The minimum atomic E-state index is 0.253. The molecule has 0 aliphatic heterocycles. The monoisotopic (exact) mass is 201 g/mol. The summed E-state index contributed by atoms with van der Waals surface area (Å²) >= 11 is 0. The van der Waals surface area contributed by atoms with Crippen LogP contribution in [0.2, 0.25) is 0 Å². The van der Waals surface area contributed by atoms with Gasteiger partial charge in [-0.15, -0.1) is 0 Å². The minimum absolute atomic E-state index is 0.253. The fourth-order valence-electron chi connectivity index (χ4n) is 2.00. The van der Waals surface area contributed by atoms with E-state index in [1.165, 1.54) is 0 Å². The first-order chi connectivity index (χ1) is 7.27. The molecule has 1 aromatic heterocycles. The highest BCUT2D eigenvalue weighted by Crippen LogP contribution is 2.23. The lowest BCUT2D eigenvalue weighted by Gasteiger charge is -2.09. The number of Topliss-reactive ketones (excluding diaryl/α,β-unsaturated/α-hetero) is 1. The fraction of sp³-hybridized carbons (Fsp3) is 0.385. The van der Waals surface area contributed by atoms with Crippen molar-refractivity contribution in [3.63, 3.8) is 0 Å². The third-order valence-corrected chi connectivity index (χ3v) is 2.90. The molecular formula is C13H15NO. The first-order valence-corrected chi connectivity index (χ1v) is 5.36. The Morgan fingerprint density at radius 3 is 2.87 bits per heavy atom. The fourth-order valence-corrected chi connectivity index (χ4v) is 2.00. The van der Waals surface area contributed by atoms with Crippen molar-refractivity contribution in [1.29, 1.82) is 0 Å². The molecule has 0 aromatic carbocycles. The highest BCUT2D eigenvalue weighted by atomic mass is 16.1. The summed E-state index contributed by atoms with van der Waals surface area (Å²) in [4.78, 5) is 16.0. The van der Waals surface area contributed by atoms with Gasteiger partial charge in [0, 0.05) is 24.4 Å². The molecule has 0 unspecified atom stereocenters. The Balaban J connectivity index is 2.05. The molecule has 0 radical (unpaired) electrons. The van der Waals surface area contributed by atoms with E-state index >= 15 is 0 Å². The third-order valence-electron chi connectivity index (χ3n) is 2.90. The number of allylic oxidation sites excluding steroid dienone is 2. The molecule has 0 bridgehead atoms. The number of aromatic nitrogens is 1.